The van der Waals surface area contributed by atoms with E-state index in [1.807, 2.05) is 0 Å². The van der Waals surface area contributed by atoms with E-state index < -0.39 is 47.4 Å². The fourth-order valence-corrected chi connectivity index (χ4v) is 5.93. The molecule has 2 aromatic rings. The highest BCUT2D eigenvalue weighted by molar-refractivity contribution is 5.75. The molecule has 40 heavy (non-hydrogen) atoms. The van der Waals surface area contributed by atoms with Gasteiger partial charge in [0.05, 0.1) is 29.8 Å². The monoisotopic (exact) mass is 575 g/mol. The van der Waals surface area contributed by atoms with E-state index in [0.717, 1.165) is 17.7 Å². The zero-order valence-corrected chi connectivity index (χ0v) is 22.3. The van der Waals surface area contributed by atoms with Gasteiger partial charge < -0.3 is 20.2 Å². The summed E-state index contributed by atoms with van der Waals surface area (Å²) in [7, 11) is 1.34. The minimum Gasteiger partial charge on any atom is -0.395 e. The van der Waals surface area contributed by atoms with E-state index in [-0.39, 0.29) is 36.4 Å². The SMILES string of the molecule is Cc1cc(F)ccc1[C@H]1C[C@]2(CC[C@@H](CO)N2)CCN1C(=O)N(C)[C@H](C)c1cc(C(F)(F)F)cc(C(F)(F)F)c1. The summed E-state index contributed by atoms with van der Waals surface area (Å²) in [5.41, 5.74) is -2.26. The molecular weight excluding hydrogens is 543 g/mol. The first-order chi connectivity index (χ1) is 18.5. The number of amides is 2. The third-order valence-electron chi connectivity index (χ3n) is 8.31. The highest BCUT2D eigenvalue weighted by atomic mass is 19.4. The number of aliphatic hydroxyl groups is 1. The van der Waals surface area contributed by atoms with Gasteiger partial charge in [0.2, 0.25) is 0 Å². The van der Waals surface area contributed by atoms with Gasteiger partial charge in [-0.1, -0.05) is 6.07 Å². The number of carbonyl (C=O) groups excluding carboxylic acids is 1. The molecule has 5 nitrogen and oxygen atoms in total. The van der Waals surface area contributed by atoms with Crippen LogP contribution < -0.4 is 5.32 Å². The second-order valence-electron chi connectivity index (χ2n) is 10.9. The second kappa shape index (κ2) is 10.8. The molecule has 0 saturated carbocycles. The van der Waals surface area contributed by atoms with Crippen molar-refractivity contribution in [3.05, 3.63) is 70.0 Å². The van der Waals surface area contributed by atoms with Gasteiger partial charge in [-0.2, -0.15) is 26.3 Å². The molecule has 0 aliphatic carbocycles. The van der Waals surface area contributed by atoms with Gasteiger partial charge >= 0.3 is 18.4 Å². The maximum atomic E-state index is 13.9. The van der Waals surface area contributed by atoms with Crippen molar-refractivity contribution in [2.75, 3.05) is 20.2 Å². The van der Waals surface area contributed by atoms with E-state index in [0.29, 0.717) is 36.1 Å². The van der Waals surface area contributed by atoms with Crippen molar-refractivity contribution in [3.63, 3.8) is 0 Å². The molecular formula is C28H32F7N3O2. The number of alkyl halides is 6. The van der Waals surface area contributed by atoms with Crippen LogP contribution in [0, 0.1) is 12.7 Å². The van der Waals surface area contributed by atoms with E-state index in [1.165, 1.54) is 26.1 Å². The van der Waals surface area contributed by atoms with Crippen molar-refractivity contribution in [1.82, 2.24) is 15.1 Å². The number of nitrogens with one attached hydrogen (secondary N) is 1. The molecule has 4 atom stereocenters. The van der Waals surface area contributed by atoms with Gasteiger partial charge in [-0.25, -0.2) is 9.18 Å². The summed E-state index contributed by atoms with van der Waals surface area (Å²) < 4.78 is 94.6. The number of hydrogen-bond donors (Lipinski definition) is 2. The van der Waals surface area contributed by atoms with Gasteiger partial charge in [0, 0.05) is 25.2 Å². The number of aliphatic hydroxyl groups excluding tert-OH is 1. The molecule has 2 aliphatic rings. The van der Waals surface area contributed by atoms with E-state index in [9.17, 15) is 40.6 Å². The molecule has 2 saturated heterocycles. The van der Waals surface area contributed by atoms with Crippen LogP contribution >= 0.6 is 0 Å². The van der Waals surface area contributed by atoms with E-state index in [1.54, 1.807) is 17.9 Å². The molecule has 0 bridgehead atoms. The Morgan fingerprint density at radius 1 is 1.10 bits per heavy atom. The molecule has 0 unspecified atom stereocenters. The Bertz CT molecular complexity index is 1220. The van der Waals surface area contributed by atoms with Crippen molar-refractivity contribution in [2.45, 2.75) is 75.5 Å². The molecule has 220 valence electrons. The van der Waals surface area contributed by atoms with E-state index >= 15 is 0 Å². The largest absolute Gasteiger partial charge is 0.416 e. The van der Waals surface area contributed by atoms with Crippen molar-refractivity contribution in [2.24, 2.45) is 0 Å². The van der Waals surface area contributed by atoms with Crippen molar-refractivity contribution in [1.29, 1.82) is 0 Å². The molecule has 2 aromatic carbocycles. The molecule has 4 rings (SSSR count). The molecule has 12 heteroatoms. The predicted octanol–water partition coefficient (Wildman–Crippen LogP) is 6.60. The third kappa shape index (κ3) is 6.07. The minimum atomic E-state index is -5.01. The van der Waals surface area contributed by atoms with Crippen LogP contribution in [0.4, 0.5) is 35.5 Å². The first-order valence-electron chi connectivity index (χ1n) is 13.0. The molecule has 1 spiro atoms. The number of piperidine rings is 1. The quantitative estimate of drug-likeness (QED) is 0.404. The summed E-state index contributed by atoms with van der Waals surface area (Å²) in [4.78, 5) is 16.5. The van der Waals surface area contributed by atoms with Crippen LogP contribution in [0.1, 0.15) is 72.5 Å². The summed E-state index contributed by atoms with van der Waals surface area (Å²) in [6.45, 7) is 3.30. The average Bonchev–Trinajstić information content (AvgIpc) is 3.28. The van der Waals surface area contributed by atoms with Crippen molar-refractivity contribution in [3.8, 4) is 0 Å². The van der Waals surface area contributed by atoms with Gasteiger partial charge in [-0.15, -0.1) is 0 Å². The Hall–Kier alpha value is -2.86. The molecule has 0 aromatic heterocycles. The number of halogens is 7. The van der Waals surface area contributed by atoms with Gasteiger partial charge in [0.1, 0.15) is 5.82 Å². The molecule has 2 fully saturated rings. The lowest BCUT2D eigenvalue weighted by molar-refractivity contribution is -0.143. The number of carbonyl (C=O) groups is 1. The Balaban J connectivity index is 1.67. The number of benzene rings is 2. The van der Waals surface area contributed by atoms with Gasteiger partial charge in [0.15, 0.2) is 0 Å². The Labute approximate surface area is 227 Å². The lowest BCUT2D eigenvalue weighted by Crippen LogP contribution is -2.56. The summed E-state index contributed by atoms with van der Waals surface area (Å²) >= 11 is 0. The van der Waals surface area contributed by atoms with Crippen molar-refractivity contribution < 1.29 is 40.6 Å². The maximum absolute atomic E-state index is 13.9. The number of aryl methyl sites for hydroxylation is 1. The van der Waals surface area contributed by atoms with E-state index in [4.69, 9.17) is 0 Å². The molecule has 2 aliphatic heterocycles. The molecule has 0 radical (unpaired) electrons. The van der Waals surface area contributed by atoms with Crippen LogP contribution in [0.15, 0.2) is 36.4 Å². The Morgan fingerprint density at radius 2 is 1.73 bits per heavy atom. The lowest BCUT2D eigenvalue weighted by Gasteiger charge is -2.47. The average molecular weight is 576 g/mol. The van der Waals surface area contributed by atoms with Crippen LogP contribution in [-0.2, 0) is 12.4 Å². The third-order valence-corrected chi connectivity index (χ3v) is 8.31. The topological polar surface area (TPSA) is 55.8 Å². The second-order valence-corrected chi connectivity index (χ2v) is 10.9. The van der Waals surface area contributed by atoms with Crippen LogP contribution in [0.25, 0.3) is 0 Å². The maximum Gasteiger partial charge on any atom is 0.416 e. The number of rotatable bonds is 4. The molecule has 2 heterocycles. The standard InChI is InChI=1S/C28H32F7N3O2/c1-16-10-21(29)4-5-23(16)24-14-26(7-6-22(15-39)36-26)8-9-38(24)25(40)37(3)17(2)18-11-19(27(30,31)32)13-20(12-18)28(33,34)35/h4-5,10-13,17,22,24,36,39H,6-9,14-15H2,1-3H3/t17-,22+,24-,26+/m1/s1. The summed E-state index contributed by atoms with van der Waals surface area (Å²) in [6.07, 6.45) is -7.53. The highest BCUT2D eigenvalue weighted by Crippen LogP contribution is 2.44. The predicted molar refractivity (Wildman–Crippen MR) is 134 cm³/mol. The van der Waals surface area contributed by atoms with Crippen LogP contribution in [0.5, 0.6) is 0 Å². The zero-order valence-electron chi connectivity index (χ0n) is 22.3. The summed E-state index contributed by atoms with van der Waals surface area (Å²) in [5.74, 6) is -0.445. The Morgan fingerprint density at radius 3 is 2.25 bits per heavy atom. The zero-order chi connectivity index (χ0) is 29.6. The van der Waals surface area contributed by atoms with Gasteiger partial charge in [0.25, 0.3) is 0 Å². The first-order valence-corrected chi connectivity index (χ1v) is 13.0. The van der Waals surface area contributed by atoms with Crippen LogP contribution in [-0.4, -0.2) is 52.7 Å². The summed E-state index contributed by atoms with van der Waals surface area (Å²) in [5, 5.41) is 13.1. The normalized spacial score (nSPS) is 24.4. The van der Waals surface area contributed by atoms with Gasteiger partial charge in [-0.3, -0.25) is 0 Å². The number of urea groups is 1. The first kappa shape index (κ1) is 30.1. The fraction of sp³-hybridized carbons (Fsp3) is 0.536. The number of likely N-dealkylation sites (tertiary alicyclic amines) is 1. The Kier molecular flexibility index (Phi) is 8.16. The van der Waals surface area contributed by atoms with Crippen molar-refractivity contribution >= 4 is 6.03 Å². The van der Waals surface area contributed by atoms with Crippen LogP contribution in [0.3, 0.4) is 0 Å². The van der Waals surface area contributed by atoms with Gasteiger partial charge in [-0.05, 0) is 86.6 Å². The molecule has 2 amide bonds. The smallest absolute Gasteiger partial charge is 0.395 e. The van der Waals surface area contributed by atoms with Crippen LogP contribution in [0.2, 0.25) is 0 Å². The molecule has 2 N–H and O–H groups in total. The fourth-order valence-electron chi connectivity index (χ4n) is 5.93. The van der Waals surface area contributed by atoms with E-state index in [2.05, 4.69) is 5.32 Å². The highest BCUT2D eigenvalue weighted by Gasteiger charge is 2.47. The number of nitrogens with zero attached hydrogens (tertiary/aromatic N) is 2. The summed E-state index contributed by atoms with van der Waals surface area (Å²) in [6, 6.07) is 3.25. The lowest BCUT2D eigenvalue weighted by atomic mass is 9.79. The minimum absolute atomic E-state index is 0.0399. The number of hydrogen-bond acceptors (Lipinski definition) is 3.